The van der Waals surface area contributed by atoms with E-state index in [1.807, 2.05) is 0 Å². The third-order valence-electron chi connectivity index (χ3n) is 2.18. The quantitative estimate of drug-likeness (QED) is 0.849. The van der Waals surface area contributed by atoms with Gasteiger partial charge in [0, 0.05) is 18.0 Å². The number of nitrogens with two attached hydrogens (primary N) is 1. The van der Waals surface area contributed by atoms with Gasteiger partial charge in [0.1, 0.15) is 4.99 Å². The highest BCUT2D eigenvalue weighted by Gasteiger charge is 2.32. The topological polar surface area (TPSA) is 56.7 Å². The number of aromatic nitrogens is 3. The van der Waals surface area contributed by atoms with Crippen molar-refractivity contribution in [2.75, 3.05) is 0 Å². The minimum absolute atomic E-state index is 0.172. The summed E-state index contributed by atoms with van der Waals surface area (Å²) < 4.78 is 38.2. The Labute approximate surface area is 105 Å². The predicted octanol–water partition coefficient (Wildman–Crippen LogP) is 1.92. The zero-order chi connectivity index (χ0) is 13.3. The minimum atomic E-state index is -4.42. The maximum absolute atomic E-state index is 12.4. The van der Waals surface area contributed by atoms with Gasteiger partial charge in [-0.3, -0.25) is 0 Å². The summed E-state index contributed by atoms with van der Waals surface area (Å²) in [6.07, 6.45) is -1.43. The smallest absolute Gasteiger partial charge is 0.389 e. The molecule has 0 unspecified atom stereocenters. The van der Waals surface area contributed by atoms with Gasteiger partial charge in [-0.2, -0.15) is 18.3 Å². The van der Waals surface area contributed by atoms with Gasteiger partial charge in [0.15, 0.2) is 5.82 Å². The first-order chi connectivity index (χ1) is 8.38. The third kappa shape index (κ3) is 2.48. The van der Waals surface area contributed by atoms with Crippen molar-refractivity contribution >= 4 is 17.2 Å². The van der Waals surface area contributed by atoms with E-state index in [1.54, 1.807) is 6.07 Å². The molecule has 2 aromatic heterocycles. The van der Waals surface area contributed by atoms with Gasteiger partial charge in [0.05, 0.1) is 11.8 Å². The van der Waals surface area contributed by atoms with Crippen molar-refractivity contribution in [1.82, 2.24) is 14.8 Å². The molecule has 94 valence electrons. The van der Waals surface area contributed by atoms with Crippen LogP contribution in [0.1, 0.15) is 11.1 Å². The Morgan fingerprint density at radius 1 is 1.28 bits per heavy atom. The second-order valence-electron chi connectivity index (χ2n) is 3.44. The monoisotopic (exact) mass is 272 g/mol. The summed E-state index contributed by atoms with van der Waals surface area (Å²) in [6, 6.07) is 3.06. The van der Waals surface area contributed by atoms with Crippen LogP contribution in [0.15, 0.2) is 30.7 Å². The van der Waals surface area contributed by atoms with E-state index in [0.717, 1.165) is 17.1 Å². The molecule has 2 N–H and O–H groups in total. The number of rotatable bonds is 2. The minimum Gasteiger partial charge on any atom is -0.389 e. The van der Waals surface area contributed by atoms with Gasteiger partial charge in [0.25, 0.3) is 0 Å². The summed E-state index contributed by atoms with van der Waals surface area (Å²) in [5.74, 6) is 0.255. The standard InChI is InChI=1S/C10H7F3N4S/c11-10(12,13)7-4-16-17(5-7)8-2-1-6(3-15-8)9(14)18/h1-5H,(H2,14,18). The van der Waals surface area contributed by atoms with Gasteiger partial charge in [0.2, 0.25) is 0 Å². The van der Waals surface area contributed by atoms with Gasteiger partial charge < -0.3 is 5.73 Å². The molecule has 0 bridgehead atoms. The highest BCUT2D eigenvalue weighted by molar-refractivity contribution is 7.80. The highest BCUT2D eigenvalue weighted by Crippen LogP contribution is 2.28. The zero-order valence-electron chi connectivity index (χ0n) is 8.85. The summed E-state index contributed by atoms with van der Waals surface area (Å²) in [6.45, 7) is 0. The molecule has 0 aliphatic rings. The second-order valence-corrected chi connectivity index (χ2v) is 3.88. The van der Waals surface area contributed by atoms with Crippen LogP contribution in [-0.2, 0) is 6.18 Å². The van der Waals surface area contributed by atoms with Crippen LogP contribution in [0.4, 0.5) is 13.2 Å². The van der Waals surface area contributed by atoms with E-state index in [4.69, 9.17) is 18.0 Å². The Hall–Kier alpha value is -1.96. The molecule has 0 saturated carbocycles. The second kappa shape index (κ2) is 4.37. The summed E-state index contributed by atoms with van der Waals surface area (Å²) >= 11 is 4.74. The highest BCUT2D eigenvalue weighted by atomic mass is 32.1. The Morgan fingerprint density at radius 2 is 2.00 bits per heavy atom. The van der Waals surface area contributed by atoms with E-state index in [1.165, 1.54) is 12.3 Å². The molecule has 2 aromatic rings. The van der Waals surface area contributed by atoms with Crippen LogP contribution in [0.5, 0.6) is 0 Å². The van der Waals surface area contributed by atoms with Crippen LogP contribution in [-0.4, -0.2) is 19.8 Å². The van der Waals surface area contributed by atoms with Crippen LogP contribution < -0.4 is 5.73 Å². The SMILES string of the molecule is NC(=S)c1ccc(-n2cc(C(F)(F)F)cn2)nc1. The maximum Gasteiger partial charge on any atom is 0.419 e. The summed E-state index contributed by atoms with van der Waals surface area (Å²) in [5, 5.41) is 3.60. The molecule has 0 atom stereocenters. The number of thiocarbonyl (C=S) groups is 1. The van der Waals surface area contributed by atoms with Gasteiger partial charge in [-0.25, -0.2) is 9.67 Å². The zero-order valence-corrected chi connectivity index (χ0v) is 9.66. The molecule has 0 aliphatic carbocycles. The third-order valence-corrected chi connectivity index (χ3v) is 2.41. The fraction of sp³-hybridized carbons (Fsp3) is 0.100. The van der Waals surface area contributed by atoms with Crippen LogP contribution in [0, 0.1) is 0 Å². The summed E-state index contributed by atoms with van der Waals surface area (Å²) in [7, 11) is 0. The number of nitrogens with zero attached hydrogens (tertiary/aromatic N) is 3. The van der Waals surface area contributed by atoms with Gasteiger partial charge in [-0.05, 0) is 12.1 Å². The van der Waals surface area contributed by atoms with Gasteiger partial charge >= 0.3 is 6.18 Å². The Morgan fingerprint density at radius 3 is 2.44 bits per heavy atom. The van der Waals surface area contributed by atoms with E-state index in [-0.39, 0.29) is 10.8 Å². The largest absolute Gasteiger partial charge is 0.419 e. The molecule has 18 heavy (non-hydrogen) atoms. The molecule has 2 rings (SSSR count). The number of halogens is 3. The van der Waals surface area contributed by atoms with Crippen molar-refractivity contribution in [3.8, 4) is 5.82 Å². The molecule has 0 amide bonds. The van der Waals surface area contributed by atoms with Crippen molar-refractivity contribution in [2.45, 2.75) is 6.18 Å². The van der Waals surface area contributed by atoms with Crippen LogP contribution in [0.2, 0.25) is 0 Å². The lowest BCUT2D eigenvalue weighted by Crippen LogP contribution is -2.10. The maximum atomic E-state index is 12.4. The number of hydrogen-bond acceptors (Lipinski definition) is 3. The molecule has 2 heterocycles. The summed E-state index contributed by atoms with van der Waals surface area (Å²) in [5.41, 5.74) is 5.09. The van der Waals surface area contributed by atoms with E-state index in [9.17, 15) is 13.2 Å². The number of alkyl halides is 3. The Kier molecular flexibility index (Phi) is 3.04. The first-order valence-electron chi connectivity index (χ1n) is 4.76. The first-order valence-corrected chi connectivity index (χ1v) is 5.17. The van der Waals surface area contributed by atoms with Crippen molar-refractivity contribution in [2.24, 2.45) is 5.73 Å². The van der Waals surface area contributed by atoms with E-state index in [2.05, 4.69) is 10.1 Å². The average Bonchev–Trinajstić information content (AvgIpc) is 2.78. The molecular formula is C10H7F3N4S. The fourth-order valence-corrected chi connectivity index (χ4v) is 1.38. The van der Waals surface area contributed by atoms with Gasteiger partial charge in [-0.15, -0.1) is 0 Å². The first kappa shape index (κ1) is 12.5. The molecule has 0 radical (unpaired) electrons. The molecule has 0 aromatic carbocycles. The lowest BCUT2D eigenvalue weighted by atomic mass is 10.3. The Balaban J connectivity index is 2.32. The van der Waals surface area contributed by atoms with Gasteiger partial charge in [-0.1, -0.05) is 12.2 Å². The van der Waals surface area contributed by atoms with E-state index in [0.29, 0.717) is 5.56 Å². The Bertz CT molecular complexity index is 574. The normalized spacial score (nSPS) is 11.5. The molecule has 0 spiro atoms. The molecule has 8 heteroatoms. The molecule has 0 fully saturated rings. The molecule has 4 nitrogen and oxygen atoms in total. The average molecular weight is 272 g/mol. The van der Waals surface area contributed by atoms with Crippen LogP contribution in [0.25, 0.3) is 5.82 Å². The molecule has 0 saturated heterocycles. The molecule has 0 aliphatic heterocycles. The van der Waals surface area contributed by atoms with Crippen molar-refractivity contribution in [3.05, 3.63) is 41.9 Å². The lowest BCUT2D eigenvalue weighted by Gasteiger charge is -2.02. The van der Waals surface area contributed by atoms with Crippen LogP contribution >= 0.6 is 12.2 Å². The number of pyridine rings is 1. The lowest BCUT2D eigenvalue weighted by molar-refractivity contribution is -0.137. The van der Waals surface area contributed by atoms with E-state index < -0.39 is 11.7 Å². The number of hydrogen-bond donors (Lipinski definition) is 1. The predicted molar refractivity (Wildman–Crippen MR) is 62.2 cm³/mol. The van der Waals surface area contributed by atoms with Crippen molar-refractivity contribution < 1.29 is 13.2 Å². The van der Waals surface area contributed by atoms with Crippen molar-refractivity contribution in [3.63, 3.8) is 0 Å². The van der Waals surface area contributed by atoms with Crippen LogP contribution in [0.3, 0.4) is 0 Å². The van der Waals surface area contributed by atoms with E-state index >= 15 is 0 Å². The summed E-state index contributed by atoms with van der Waals surface area (Å²) in [4.78, 5) is 4.10. The van der Waals surface area contributed by atoms with Crippen molar-refractivity contribution in [1.29, 1.82) is 0 Å². The fourth-order valence-electron chi connectivity index (χ4n) is 1.26. The molecular weight excluding hydrogens is 265 g/mol.